The Morgan fingerprint density at radius 1 is 1.15 bits per heavy atom. The summed E-state index contributed by atoms with van der Waals surface area (Å²) in [7, 11) is 1.54. The molecule has 0 amide bonds. The molecule has 0 aromatic heterocycles. The molecule has 20 heavy (non-hydrogen) atoms. The van der Waals surface area contributed by atoms with Crippen LogP contribution < -0.4 is 9.47 Å². The van der Waals surface area contributed by atoms with Crippen LogP contribution in [-0.2, 0) is 13.2 Å². The van der Waals surface area contributed by atoms with Crippen molar-refractivity contribution in [3.63, 3.8) is 0 Å². The third kappa shape index (κ3) is 3.40. The van der Waals surface area contributed by atoms with E-state index in [1.165, 1.54) is 13.2 Å². The Kier molecular flexibility index (Phi) is 4.82. The molecular weight excluding hydrogens is 283 g/mol. The third-order valence-electron chi connectivity index (χ3n) is 2.84. The SMILES string of the molecule is COc1ccc(CO)c(OCc2ccc(Cl)cc2F)c1. The summed E-state index contributed by atoms with van der Waals surface area (Å²) in [6.45, 7) is -0.119. The first-order valence-corrected chi connectivity index (χ1v) is 6.36. The highest BCUT2D eigenvalue weighted by atomic mass is 35.5. The second kappa shape index (κ2) is 6.59. The molecule has 2 rings (SSSR count). The van der Waals surface area contributed by atoms with Gasteiger partial charge in [-0.15, -0.1) is 0 Å². The standard InChI is InChI=1S/C15H14ClFO3/c1-19-13-5-3-10(8-18)15(7-13)20-9-11-2-4-12(16)6-14(11)17/h2-7,18H,8-9H2,1H3. The van der Waals surface area contributed by atoms with Gasteiger partial charge in [0.2, 0.25) is 0 Å². The lowest BCUT2D eigenvalue weighted by Gasteiger charge is -2.12. The fourth-order valence-corrected chi connectivity index (χ4v) is 1.88. The van der Waals surface area contributed by atoms with Crippen LogP contribution in [0.5, 0.6) is 11.5 Å². The fraction of sp³-hybridized carbons (Fsp3) is 0.200. The number of aliphatic hydroxyl groups is 1. The Labute approximate surface area is 121 Å². The van der Waals surface area contributed by atoms with Gasteiger partial charge in [0.1, 0.15) is 23.9 Å². The second-order valence-corrected chi connectivity index (χ2v) is 4.59. The number of hydrogen-bond acceptors (Lipinski definition) is 3. The van der Waals surface area contributed by atoms with Crippen LogP contribution in [0.25, 0.3) is 0 Å². The number of benzene rings is 2. The van der Waals surface area contributed by atoms with E-state index >= 15 is 0 Å². The van der Waals surface area contributed by atoms with Crippen molar-refractivity contribution in [1.82, 2.24) is 0 Å². The highest BCUT2D eigenvalue weighted by Gasteiger charge is 2.08. The van der Waals surface area contributed by atoms with Gasteiger partial charge in [-0.3, -0.25) is 0 Å². The quantitative estimate of drug-likeness (QED) is 0.917. The van der Waals surface area contributed by atoms with Gasteiger partial charge in [-0.05, 0) is 24.3 Å². The van der Waals surface area contributed by atoms with E-state index in [0.717, 1.165) is 0 Å². The molecular formula is C15H14ClFO3. The summed E-state index contributed by atoms with van der Waals surface area (Å²) in [4.78, 5) is 0. The Bertz CT molecular complexity index is 602. The number of rotatable bonds is 5. The summed E-state index contributed by atoms with van der Waals surface area (Å²) in [5.74, 6) is 0.640. The topological polar surface area (TPSA) is 38.7 Å². The van der Waals surface area contributed by atoms with E-state index in [2.05, 4.69) is 0 Å². The molecule has 2 aromatic carbocycles. The number of hydrogen-bond donors (Lipinski definition) is 1. The Balaban J connectivity index is 2.17. The summed E-state index contributed by atoms with van der Waals surface area (Å²) >= 11 is 5.69. The molecule has 0 fully saturated rings. The van der Waals surface area contributed by atoms with Crippen LogP contribution in [-0.4, -0.2) is 12.2 Å². The van der Waals surface area contributed by atoms with Crippen molar-refractivity contribution in [3.8, 4) is 11.5 Å². The summed E-state index contributed by atoms with van der Waals surface area (Å²) in [5, 5.41) is 9.59. The number of ether oxygens (including phenoxy) is 2. The average Bonchev–Trinajstić information content (AvgIpc) is 2.46. The predicted molar refractivity (Wildman–Crippen MR) is 74.7 cm³/mol. The van der Waals surface area contributed by atoms with Crippen molar-refractivity contribution < 1.29 is 19.0 Å². The maximum Gasteiger partial charge on any atom is 0.131 e. The Morgan fingerprint density at radius 2 is 1.90 bits per heavy atom. The molecule has 0 radical (unpaired) electrons. The largest absolute Gasteiger partial charge is 0.497 e. The lowest BCUT2D eigenvalue weighted by Crippen LogP contribution is -2.01. The maximum atomic E-state index is 13.6. The van der Waals surface area contributed by atoms with Gasteiger partial charge in [-0.1, -0.05) is 17.7 Å². The van der Waals surface area contributed by atoms with Gasteiger partial charge >= 0.3 is 0 Å². The van der Waals surface area contributed by atoms with Crippen LogP contribution >= 0.6 is 11.6 Å². The molecule has 5 heteroatoms. The average molecular weight is 297 g/mol. The van der Waals surface area contributed by atoms with Gasteiger partial charge < -0.3 is 14.6 Å². The first-order chi connectivity index (χ1) is 9.63. The fourth-order valence-electron chi connectivity index (χ4n) is 1.72. The van der Waals surface area contributed by atoms with Crippen LogP contribution in [0.3, 0.4) is 0 Å². The molecule has 1 N–H and O–H groups in total. The highest BCUT2D eigenvalue weighted by Crippen LogP contribution is 2.26. The third-order valence-corrected chi connectivity index (χ3v) is 3.08. The predicted octanol–water partition coefficient (Wildman–Crippen LogP) is 3.56. The summed E-state index contributed by atoms with van der Waals surface area (Å²) in [5.41, 5.74) is 1.00. The normalized spacial score (nSPS) is 10.4. The molecule has 0 spiro atoms. The van der Waals surface area contributed by atoms with E-state index < -0.39 is 5.82 Å². The van der Waals surface area contributed by atoms with E-state index in [0.29, 0.717) is 27.6 Å². The number of aliphatic hydroxyl groups excluding tert-OH is 1. The Hall–Kier alpha value is -1.78. The van der Waals surface area contributed by atoms with Crippen LogP contribution in [0.2, 0.25) is 5.02 Å². The van der Waals surface area contributed by atoms with Crippen LogP contribution in [0.15, 0.2) is 36.4 Å². The minimum absolute atomic E-state index is 0.0448. The van der Waals surface area contributed by atoms with Crippen LogP contribution in [0.4, 0.5) is 4.39 Å². The molecule has 106 valence electrons. The molecule has 0 aliphatic carbocycles. The van der Waals surface area contributed by atoms with Gasteiger partial charge in [-0.25, -0.2) is 4.39 Å². The van der Waals surface area contributed by atoms with Gasteiger partial charge in [-0.2, -0.15) is 0 Å². The molecule has 3 nitrogen and oxygen atoms in total. The van der Waals surface area contributed by atoms with Crippen molar-refractivity contribution in [3.05, 3.63) is 58.4 Å². The second-order valence-electron chi connectivity index (χ2n) is 4.16. The maximum absolute atomic E-state index is 13.6. The van der Waals surface area contributed by atoms with Gasteiger partial charge in [0, 0.05) is 22.2 Å². The Morgan fingerprint density at radius 3 is 2.55 bits per heavy atom. The van der Waals surface area contributed by atoms with Crippen molar-refractivity contribution >= 4 is 11.6 Å². The molecule has 0 saturated heterocycles. The molecule has 0 bridgehead atoms. The van der Waals surface area contributed by atoms with Crippen LogP contribution in [0.1, 0.15) is 11.1 Å². The van der Waals surface area contributed by atoms with Crippen molar-refractivity contribution in [2.24, 2.45) is 0 Å². The monoisotopic (exact) mass is 296 g/mol. The number of methoxy groups -OCH3 is 1. The van der Waals surface area contributed by atoms with Gasteiger partial charge in [0.05, 0.1) is 13.7 Å². The molecule has 0 aliphatic rings. The molecule has 0 heterocycles. The minimum Gasteiger partial charge on any atom is -0.497 e. The molecule has 0 aliphatic heterocycles. The van der Waals surface area contributed by atoms with E-state index in [1.807, 2.05) is 0 Å². The van der Waals surface area contributed by atoms with E-state index in [9.17, 15) is 9.50 Å². The van der Waals surface area contributed by atoms with E-state index in [-0.39, 0.29) is 13.2 Å². The van der Waals surface area contributed by atoms with Crippen molar-refractivity contribution in [2.75, 3.05) is 7.11 Å². The van der Waals surface area contributed by atoms with Gasteiger partial charge in [0.25, 0.3) is 0 Å². The van der Waals surface area contributed by atoms with E-state index in [4.69, 9.17) is 21.1 Å². The smallest absolute Gasteiger partial charge is 0.131 e. The van der Waals surface area contributed by atoms with Crippen molar-refractivity contribution in [2.45, 2.75) is 13.2 Å². The molecule has 2 aromatic rings. The zero-order valence-corrected chi connectivity index (χ0v) is 11.7. The zero-order valence-electron chi connectivity index (χ0n) is 10.9. The number of halogens is 2. The van der Waals surface area contributed by atoms with Gasteiger partial charge in [0.15, 0.2) is 0 Å². The summed E-state index contributed by atoms with van der Waals surface area (Å²) < 4.78 is 24.3. The first kappa shape index (κ1) is 14.6. The highest BCUT2D eigenvalue weighted by molar-refractivity contribution is 6.30. The molecule has 0 unspecified atom stereocenters. The summed E-state index contributed by atoms with van der Waals surface area (Å²) in [6.07, 6.45) is 0. The first-order valence-electron chi connectivity index (χ1n) is 5.98. The van der Waals surface area contributed by atoms with Crippen LogP contribution in [0, 0.1) is 5.82 Å². The lowest BCUT2D eigenvalue weighted by molar-refractivity contribution is 0.256. The molecule has 0 atom stereocenters. The van der Waals surface area contributed by atoms with Crippen molar-refractivity contribution in [1.29, 1.82) is 0 Å². The van der Waals surface area contributed by atoms with E-state index in [1.54, 1.807) is 30.3 Å². The zero-order chi connectivity index (χ0) is 14.5. The lowest BCUT2D eigenvalue weighted by atomic mass is 10.2. The minimum atomic E-state index is -0.425. The summed E-state index contributed by atoms with van der Waals surface area (Å²) in [6, 6.07) is 9.48. The molecule has 0 saturated carbocycles.